The van der Waals surface area contributed by atoms with Crippen LogP contribution < -0.4 is 16.4 Å². The first-order valence-corrected chi connectivity index (χ1v) is 13.9. The minimum Gasteiger partial charge on any atom is -0.357 e. The third-order valence-corrected chi connectivity index (χ3v) is 5.56. The topological polar surface area (TPSA) is 109 Å². The quantitative estimate of drug-likeness (QED) is 0.134. The molecular weight excluding hydrogens is 541 g/mol. The number of halogens is 1. The fraction of sp³-hybridized carbons (Fsp3) is 0.314. The van der Waals surface area contributed by atoms with Crippen LogP contribution in [0.4, 0.5) is 4.39 Å². The van der Waals surface area contributed by atoms with Gasteiger partial charge in [-0.15, -0.1) is 0 Å². The highest BCUT2D eigenvalue weighted by Gasteiger charge is 2.15. The Bertz CT molecular complexity index is 1220. The standard InChI is InChI=1S/C27H34N4O2.C6H8.CH3F.CH5N/c1-9-13-29-20(6)26(21(7)32)30-16-19(5)23-11-12-24(22(10-2)17-28-8)25(14-23)27(33)31-15-18(3)4;1-2-4-6-5-3-1;2*1-2/h9-14,16-18,30H,1-2,8,15H2,3-7H3,(H,31,33);1-4H,5-6H2;1H3;2H2,1H3/b19-16+,22-17+,26-20-,29-13?;;;. The first-order chi connectivity index (χ1) is 20.7. The maximum atomic E-state index is 13.0. The van der Waals surface area contributed by atoms with Gasteiger partial charge in [0.2, 0.25) is 0 Å². The van der Waals surface area contributed by atoms with Gasteiger partial charge in [0.15, 0.2) is 5.78 Å². The van der Waals surface area contributed by atoms with Crippen LogP contribution >= 0.6 is 0 Å². The number of ketones is 1. The van der Waals surface area contributed by atoms with Crippen LogP contribution in [-0.2, 0) is 4.79 Å². The Kier molecular flexibility index (Phi) is 23.9. The number of carbonyl (C=O) groups excluding carboxylic acids is 2. The summed E-state index contributed by atoms with van der Waals surface area (Å²) in [5, 5.41) is 6.02. The number of hydrogen-bond acceptors (Lipinski definition) is 6. The van der Waals surface area contributed by atoms with Crippen molar-refractivity contribution in [1.82, 2.24) is 10.6 Å². The third kappa shape index (κ3) is 16.6. The van der Waals surface area contributed by atoms with Crippen LogP contribution in [0, 0.1) is 5.92 Å². The Morgan fingerprint density at radius 2 is 1.65 bits per heavy atom. The summed E-state index contributed by atoms with van der Waals surface area (Å²) in [6.45, 7) is 20.7. The van der Waals surface area contributed by atoms with Crippen molar-refractivity contribution in [3.8, 4) is 0 Å². The monoisotopic (exact) mass is 591 g/mol. The number of allylic oxidation sites excluding steroid dienone is 10. The van der Waals surface area contributed by atoms with Gasteiger partial charge in [-0.25, -0.2) is 0 Å². The molecule has 0 unspecified atom stereocenters. The van der Waals surface area contributed by atoms with Crippen LogP contribution in [0.15, 0.2) is 102 Å². The zero-order chi connectivity index (χ0) is 33.2. The van der Waals surface area contributed by atoms with Crippen LogP contribution in [0.3, 0.4) is 0 Å². The SMILES string of the molecule is C1=CCCC=C1.C=CC=N/C(C)=C(\N/C=C(\C)c1ccc(/C(C=C)=C/N=C)c(C(=O)NCC(C)C)c1)C(C)=O.CF.CN. The van der Waals surface area contributed by atoms with Crippen LogP contribution in [0.25, 0.3) is 11.1 Å². The molecule has 0 heterocycles. The molecule has 0 aromatic heterocycles. The summed E-state index contributed by atoms with van der Waals surface area (Å²) >= 11 is 0. The van der Waals surface area contributed by atoms with E-state index >= 15 is 0 Å². The summed E-state index contributed by atoms with van der Waals surface area (Å²) in [6, 6.07) is 5.58. The molecule has 1 aliphatic rings. The number of nitrogens with two attached hydrogens (primary N) is 1. The van der Waals surface area contributed by atoms with E-state index in [1.54, 1.807) is 31.5 Å². The largest absolute Gasteiger partial charge is 0.357 e. The Labute approximate surface area is 258 Å². The van der Waals surface area contributed by atoms with Gasteiger partial charge in [-0.05, 0) is 69.1 Å². The number of amides is 1. The van der Waals surface area contributed by atoms with Crippen LogP contribution in [0.1, 0.15) is 68.9 Å². The van der Waals surface area contributed by atoms with E-state index in [2.05, 4.69) is 70.5 Å². The van der Waals surface area contributed by atoms with Gasteiger partial charge < -0.3 is 16.4 Å². The molecule has 1 aromatic rings. The molecule has 1 aromatic carbocycles. The number of nitrogens with zero attached hydrogens (tertiary/aromatic N) is 2. The summed E-state index contributed by atoms with van der Waals surface area (Å²) in [7, 11) is 2.00. The Morgan fingerprint density at radius 1 is 1.05 bits per heavy atom. The van der Waals surface area contributed by atoms with Crippen molar-refractivity contribution in [1.29, 1.82) is 0 Å². The molecule has 1 amide bonds. The Balaban J connectivity index is 0. The van der Waals surface area contributed by atoms with E-state index in [9.17, 15) is 14.0 Å². The van der Waals surface area contributed by atoms with Crippen molar-refractivity contribution in [3.05, 3.63) is 108 Å². The number of benzene rings is 1. The van der Waals surface area contributed by atoms with E-state index in [4.69, 9.17) is 0 Å². The van der Waals surface area contributed by atoms with Crippen LogP contribution in [0.2, 0.25) is 0 Å². The maximum absolute atomic E-state index is 13.0. The highest BCUT2D eigenvalue weighted by atomic mass is 19.1. The Morgan fingerprint density at radius 3 is 2.09 bits per heavy atom. The zero-order valence-corrected chi connectivity index (χ0v) is 26.9. The van der Waals surface area contributed by atoms with E-state index in [0.29, 0.717) is 47.7 Å². The van der Waals surface area contributed by atoms with Gasteiger partial charge in [-0.2, -0.15) is 0 Å². The molecule has 43 heavy (non-hydrogen) atoms. The molecule has 0 aliphatic heterocycles. The van der Waals surface area contributed by atoms with Crippen molar-refractivity contribution < 1.29 is 14.0 Å². The van der Waals surface area contributed by atoms with Gasteiger partial charge in [0, 0.05) is 43.2 Å². The van der Waals surface area contributed by atoms with Crippen molar-refractivity contribution in [2.45, 2.75) is 47.5 Å². The first kappa shape index (κ1) is 40.7. The molecule has 1 aliphatic carbocycles. The van der Waals surface area contributed by atoms with Crippen LogP contribution in [0.5, 0.6) is 0 Å². The van der Waals surface area contributed by atoms with Crippen molar-refractivity contribution in [2.75, 3.05) is 20.8 Å². The fourth-order valence-electron chi connectivity index (χ4n) is 3.45. The molecule has 8 heteroatoms. The van der Waals surface area contributed by atoms with Crippen molar-refractivity contribution in [2.24, 2.45) is 21.6 Å². The molecule has 0 fully saturated rings. The summed E-state index contributed by atoms with van der Waals surface area (Å²) in [5.74, 6) is -0.00366. The molecule has 7 nitrogen and oxygen atoms in total. The number of hydrogen-bond donors (Lipinski definition) is 3. The van der Waals surface area contributed by atoms with Crippen molar-refractivity contribution in [3.63, 3.8) is 0 Å². The minimum absolute atomic E-state index is 0.139. The molecule has 234 valence electrons. The van der Waals surface area contributed by atoms with Gasteiger partial charge in [0.05, 0.1) is 12.9 Å². The maximum Gasteiger partial charge on any atom is 0.251 e. The second kappa shape index (κ2) is 25.3. The van der Waals surface area contributed by atoms with Gasteiger partial charge in [-0.1, -0.05) is 75.6 Å². The van der Waals surface area contributed by atoms with Crippen LogP contribution in [-0.4, -0.2) is 45.4 Å². The second-order valence-electron chi connectivity index (χ2n) is 9.27. The smallest absolute Gasteiger partial charge is 0.251 e. The Hall–Kier alpha value is -4.43. The average Bonchev–Trinajstić information content (AvgIpc) is 3.04. The lowest BCUT2D eigenvalue weighted by molar-refractivity contribution is -0.113. The molecule has 4 N–H and O–H groups in total. The summed E-state index contributed by atoms with van der Waals surface area (Å²) in [4.78, 5) is 33.0. The minimum atomic E-state index is -0.183. The normalized spacial score (nSPS) is 12.8. The van der Waals surface area contributed by atoms with Gasteiger partial charge >= 0.3 is 0 Å². The van der Waals surface area contributed by atoms with Gasteiger partial charge in [-0.3, -0.25) is 24.0 Å². The van der Waals surface area contributed by atoms with Crippen molar-refractivity contribution >= 4 is 35.8 Å². The molecule has 0 saturated carbocycles. The summed E-state index contributed by atoms with van der Waals surface area (Å²) in [6.07, 6.45) is 19.0. The fourth-order valence-corrected chi connectivity index (χ4v) is 3.45. The number of carbonyl (C=O) groups is 2. The van der Waals surface area contributed by atoms with E-state index in [1.807, 2.05) is 39.0 Å². The lowest BCUT2D eigenvalue weighted by Gasteiger charge is -2.14. The molecule has 0 spiro atoms. The van der Waals surface area contributed by atoms with E-state index in [0.717, 1.165) is 11.1 Å². The summed E-state index contributed by atoms with van der Waals surface area (Å²) < 4.78 is 9.50. The predicted octanol–water partition coefficient (Wildman–Crippen LogP) is 7.38. The predicted molar refractivity (Wildman–Crippen MR) is 185 cm³/mol. The lowest BCUT2D eigenvalue weighted by atomic mass is 9.95. The molecule has 0 radical (unpaired) electrons. The zero-order valence-electron chi connectivity index (χ0n) is 26.9. The summed E-state index contributed by atoms with van der Waals surface area (Å²) in [5.41, 5.74) is 9.01. The molecule has 2 rings (SSSR count). The molecule has 0 saturated heterocycles. The molecule has 0 atom stereocenters. The van der Waals surface area contributed by atoms with Gasteiger partial charge in [0.1, 0.15) is 5.70 Å². The first-order valence-electron chi connectivity index (χ1n) is 13.9. The van der Waals surface area contributed by atoms with E-state index in [-0.39, 0.29) is 11.7 Å². The number of nitrogens with one attached hydrogen (secondary N) is 2. The third-order valence-electron chi connectivity index (χ3n) is 5.56. The van der Waals surface area contributed by atoms with E-state index < -0.39 is 0 Å². The average molecular weight is 592 g/mol. The number of alkyl halides is 1. The number of rotatable bonds is 12. The molecule has 0 bridgehead atoms. The van der Waals surface area contributed by atoms with E-state index in [1.165, 1.54) is 33.0 Å². The highest BCUT2D eigenvalue weighted by Crippen LogP contribution is 2.25. The lowest BCUT2D eigenvalue weighted by Crippen LogP contribution is -2.28. The molecular formula is C35H50FN5O2. The number of aliphatic imine (C=N–C) groups is 2. The second-order valence-corrected chi connectivity index (χ2v) is 9.27. The highest BCUT2D eigenvalue weighted by molar-refractivity contribution is 6.01. The van der Waals surface area contributed by atoms with Gasteiger partial charge in [0.25, 0.3) is 5.91 Å². The number of Topliss-reactive ketones (excluding diaryl/α,β-unsaturated/α-hetero) is 1.